The lowest BCUT2D eigenvalue weighted by atomic mass is 9.87. The van der Waals surface area contributed by atoms with Crippen molar-refractivity contribution in [2.75, 3.05) is 7.11 Å². The molecule has 1 aromatic heterocycles. The summed E-state index contributed by atoms with van der Waals surface area (Å²) in [6, 6.07) is 3.43. The Balaban J connectivity index is 2.01. The summed E-state index contributed by atoms with van der Waals surface area (Å²) < 4.78 is 5.09. The topological polar surface area (TPSA) is 51.2 Å². The number of ether oxygens (including phenoxy) is 1. The molecule has 1 aliphatic carbocycles. The summed E-state index contributed by atoms with van der Waals surface area (Å²) in [6.45, 7) is 2.25. The van der Waals surface area contributed by atoms with Crippen molar-refractivity contribution in [1.82, 2.24) is 10.3 Å². The summed E-state index contributed by atoms with van der Waals surface area (Å²) in [7, 11) is 1.54. The van der Waals surface area contributed by atoms with E-state index in [0.717, 1.165) is 31.6 Å². The van der Waals surface area contributed by atoms with Crippen molar-refractivity contribution in [2.45, 2.75) is 38.6 Å². The summed E-state index contributed by atoms with van der Waals surface area (Å²) in [5.74, 6) is 1.13. The molecule has 1 N–H and O–H groups in total. The summed E-state index contributed by atoms with van der Waals surface area (Å²) in [6.07, 6.45) is 4.39. The molecule has 5 heteroatoms. The molecular formula is C14H19ClN2O2. The number of halogens is 1. The smallest absolute Gasteiger partial charge is 0.270 e. The molecule has 1 aromatic rings. The maximum Gasteiger partial charge on any atom is 0.270 e. The van der Waals surface area contributed by atoms with E-state index in [1.54, 1.807) is 12.1 Å². The third-order valence-corrected chi connectivity index (χ3v) is 3.78. The number of aromatic nitrogens is 1. The van der Waals surface area contributed by atoms with E-state index < -0.39 is 0 Å². The first-order valence-electron chi connectivity index (χ1n) is 6.61. The molecule has 1 heterocycles. The predicted octanol–water partition coefficient (Wildman–Crippen LogP) is 3.05. The van der Waals surface area contributed by atoms with E-state index in [1.165, 1.54) is 7.11 Å². The average molecular weight is 283 g/mol. The van der Waals surface area contributed by atoms with Gasteiger partial charge < -0.3 is 10.1 Å². The van der Waals surface area contributed by atoms with Crippen LogP contribution in [0.5, 0.6) is 5.75 Å². The fraction of sp³-hybridized carbons (Fsp3) is 0.571. The zero-order chi connectivity index (χ0) is 13.8. The molecule has 4 nitrogen and oxygen atoms in total. The molecule has 0 bridgehead atoms. The first kappa shape index (κ1) is 14.1. The minimum atomic E-state index is -0.180. The predicted molar refractivity (Wildman–Crippen MR) is 74.7 cm³/mol. The third kappa shape index (κ3) is 3.83. The summed E-state index contributed by atoms with van der Waals surface area (Å²) in [5.41, 5.74) is 0.308. The Morgan fingerprint density at radius 1 is 1.37 bits per heavy atom. The van der Waals surface area contributed by atoms with Gasteiger partial charge in [0, 0.05) is 18.2 Å². The highest BCUT2D eigenvalue weighted by Crippen LogP contribution is 2.24. The van der Waals surface area contributed by atoms with Crippen LogP contribution in [0.3, 0.4) is 0 Å². The molecule has 1 saturated carbocycles. The van der Waals surface area contributed by atoms with Crippen molar-refractivity contribution in [1.29, 1.82) is 0 Å². The van der Waals surface area contributed by atoms with Crippen LogP contribution in [0.25, 0.3) is 0 Å². The molecule has 0 unspecified atom stereocenters. The lowest BCUT2D eigenvalue weighted by Gasteiger charge is -2.26. The minimum Gasteiger partial charge on any atom is -0.497 e. The maximum absolute atomic E-state index is 12.1. The van der Waals surface area contributed by atoms with Crippen LogP contribution in [0.2, 0.25) is 5.15 Å². The standard InChI is InChI=1S/C14H19ClN2O2/c1-9-3-5-10(6-4-9)16-14(18)12-7-11(19-2)8-13(15)17-12/h7-10H,3-6H2,1-2H3,(H,16,18)/t9-,10-. The highest BCUT2D eigenvalue weighted by atomic mass is 35.5. The third-order valence-electron chi connectivity index (χ3n) is 3.59. The average Bonchev–Trinajstić information content (AvgIpc) is 2.40. The first-order valence-corrected chi connectivity index (χ1v) is 6.98. The minimum absolute atomic E-state index is 0.180. The highest BCUT2D eigenvalue weighted by molar-refractivity contribution is 6.29. The van der Waals surface area contributed by atoms with Gasteiger partial charge in [-0.25, -0.2) is 4.98 Å². The zero-order valence-electron chi connectivity index (χ0n) is 11.3. The lowest BCUT2D eigenvalue weighted by Crippen LogP contribution is -2.37. The van der Waals surface area contributed by atoms with Gasteiger partial charge in [0.25, 0.3) is 5.91 Å². The van der Waals surface area contributed by atoms with Crippen LogP contribution >= 0.6 is 11.6 Å². The number of nitrogens with zero attached hydrogens (tertiary/aromatic N) is 1. The van der Waals surface area contributed by atoms with Crippen molar-refractivity contribution >= 4 is 17.5 Å². The van der Waals surface area contributed by atoms with E-state index in [4.69, 9.17) is 16.3 Å². The van der Waals surface area contributed by atoms with E-state index >= 15 is 0 Å². The molecule has 2 rings (SSSR count). The number of hydrogen-bond acceptors (Lipinski definition) is 3. The monoisotopic (exact) mass is 282 g/mol. The van der Waals surface area contributed by atoms with Gasteiger partial charge in [-0.2, -0.15) is 0 Å². The number of carbonyl (C=O) groups excluding carboxylic acids is 1. The SMILES string of the molecule is COc1cc(Cl)nc(C(=O)N[C@H]2CC[C@H](C)CC2)c1. The Kier molecular flexibility index (Phi) is 4.64. The number of hydrogen-bond donors (Lipinski definition) is 1. The Morgan fingerprint density at radius 3 is 2.68 bits per heavy atom. The molecule has 0 aromatic carbocycles. The van der Waals surface area contributed by atoms with Crippen LogP contribution in [-0.4, -0.2) is 24.0 Å². The van der Waals surface area contributed by atoms with Crippen LogP contribution in [-0.2, 0) is 0 Å². The van der Waals surface area contributed by atoms with Crippen LogP contribution in [0, 0.1) is 5.92 Å². The normalized spacial score (nSPS) is 22.9. The molecule has 19 heavy (non-hydrogen) atoms. The van der Waals surface area contributed by atoms with Crippen LogP contribution in [0.4, 0.5) is 0 Å². The fourth-order valence-corrected chi connectivity index (χ4v) is 2.57. The van der Waals surface area contributed by atoms with Gasteiger partial charge >= 0.3 is 0 Å². The molecule has 1 fully saturated rings. The first-order chi connectivity index (χ1) is 9.08. The van der Waals surface area contributed by atoms with E-state index in [1.807, 2.05) is 0 Å². The van der Waals surface area contributed by atoms with Crippen LogP contribution < -0.4 is 10.1 Å². The van der Waals surface area contributed by atoms with Gasteiger partial charge in [-0.15, -0.1) is 0 Å². The molecule has 1 aliphatic rings. The lowest BCUT2D eigenvalue weighted by molar-refractivity contribution is 0.0917. The van der Waals surface area contributed by atoms with Gasteiger partial charge in [0.2, 0.25) is 0 Å². The van der Waals surface area contributed by atoms with Crippen molar-refractivity contribution < 1.29 is 9.53 Å². The Morgan fingerprint density at radius 2 is 2.05 bits per heavy atom. The number of methoxy groups -OCH3 is 1. The molecule has 0 atom stereocenters. The zero-order valence-corrected chi connectivity index (χ0v) is 12.0. The van der Waals surface area contributed by atoms with Gasteiger partial charge in [-0.1, -0.05) is 18.5 Å². The van der Waals surface area contributed by atoms with E-state index in [-0.39, 0.29) is 17.1 Å². The van der Waals surface area contributed by atoms with E-state index in [0.29, 0.717) is 11.4 Å². The van der Waals surface area contributed by atoms with E-state index in [9.17, 15) is 4.79 Å². The van der Waals surface area contributed by atoms with Gasteiger partial charge in [0.15, 0.2) is 0 Å². The Hall–Kier alpha value is -1.29. The van der Waals surface area contributed by atoms with Crippen LogP contribution in [0.1, 0.15) is 43.1 Å². The van der Waals surface area contributed by atoms with Crippen molar-refractivity contribution in [3.05, 3.63) is 23.0 Å². The fourth-order valence-electron chi connectivity index (χ4n) is 2.37. The molecule has 0 radical (unpaired) electrons. The van der Waals surface area contributed by atoms with Gasteiger partial charge in [-0.05, 0) is 31.6 Å². The van der Waals surface area contributed by atoms with Crippen LogP contribution in [0.15, 0.2) is 12.1 Å². The molecule has 0 saturated heterocycles. The highest BCUT2D eigenvalue weighted by Gasteiger charge is 2.21. The van der Waals surface area contributed by atoms with Crippen molar-refractivity contribution in [3.63, 3.8) is 0 Å². The van der Waals surface area contributed by atoms with E-state index in [2.05, 4.69) is 17.2 Å². The Labute approximate surface area is 118 Å². The number of carbonyl (C=O) groups is 1. The van der Waals surface area contributed by atoms with Gasteiger partial charge in [0.1, 0.15) is 16.6 Å². The summed E-state index contributed by atoms with van der Waals surface area (Å²) in [4.78, 5) is 16.2. The second-order valence-electron chi connectivity index (χ2n) is 5.15. The van der Waals surface area contributed by atoms with Crippen molar-refractivity contribution in [2.24, 2.45) is 5.92 Å². The maximum atomic E-state index is 12.1. The number of pyridine rings is 1. The quantitative estimate of drug-likeness (QED) is 0.867. The second kappa shape index (κ2) is 6.24. The van der Waals surface area contributed by atoms with Crippen molar-refractivity contribution in [3.8, 4) is 5.75 Å². The molecule has 0 aliphatic heterocycles. The molecule has 104 valence electrons. The Bertz CT molecular complexity index is 457. The molecule has 1 amide bonds. The molecule has 0 spiro atoms. The summed E-state index contributed by atoms with van der Waals surface area (Å²) in [5, 5.41) is 3.28. The van der Waals surface area contributed by atoms with Gasteiger partial charge in [-0.3, -0.25) is 4.79 Å². The second-order valence-corrected chi connectivity index (χ2v) is 5.53. The molecular weight excluding hydrogens is 264 g/mol. The summed E-state index contributed by atoms with van der Waals surface area (Å²) >= 11 is 5.86. The number of nitrogens with one attached hydrogen (secondary N) is 1. The number of amides is 1. The largest absolute Gasteiger partial charge is 0.497 e. The number of rotatable bonds is 3. The van der Waals surface area contributed by atoms with Gasteiger partial charge in [0.05, 0.1) is 7.11 Å².